The van der Waals surface area contributed by atoms with Crippen LogP contribution in [0.4, 0.5) is 0 Å². The van der Waals surface area contributed by atoms with Crippen molar-refractivity contribution in [3.05, 3.63) is 0 Å². The van der Waals surface area contributed by atoms with E-state index in [0.717, 1.165) is 19.3 Å². The summed E-state index contributed by atoms with van der Waals surface area (Å²) in [5.74, 6) is 0.473. The fourth-order valence-electron chi connectivity index (χ4n) is 1.39. The van der Waals surface area contributed by atoms with Crippen LogP contribution in [0.5, 0.6) is 0 Å². The van der Waals surface area contributed by atoms with E-state index in [9.17, 15) is 5.11 Å². The van der Waals surface area contributed by atoms with E-state index < -0.39 is 5.60 Å². The Bertz CT molecular complexity index is 105. The summed E-state index contributed by atoms with van der Waals surface area (Å²) in [6.07, 6.45) is 2.88. The van der Waals surface area contributed by atoms with Gasteiger partial charge in [0.1, 0.15) is 0 Å². The van der Waals surface area contributed by atoms with Gasteiger partial charge in [0.2, 0.25) is 0 Å². The highest BCUT2D eigenvalue weighted by Crippen LogP contribution is 2.40. The van der Waals surface area contributed by atoms with E-state index in [4.69, 9.17) is 5.73 Å². The van der Waals surface area contributed by atoms with Gasteiger partial charge in [-0.25, -0.2) is 0 Å². The van der Waals surface area contributed by atoms with Crippen LogP contribution in [-0.4, -0.2) is 17.3 Å². The predicted octanol–water partition coefficient (Wildman–Crippen LogP) is 0.496. The van der Waals surface area contributed by atoms with Gasteiger partial charge in [-0.1, -0.05) is 6.92 Å². The fraction of sp³-hybridized carbons (Fsp3) is 1.00. The minimum absolute atomic E-state index is 0.394. The number of hydrogen-bond donors (Lipinski definition) is 2. The first-order valence-corrected chi connectivity index (χ1v) is 3.61. The molecule has 9 heavy (non-hydrogen) atoms. The van der Waals surface area contributed by atoms with Gasteiger partial charge in [-0.15, -0.1) is 0 Å². The van der Waals surface area contributed by atoms with Crippen molar-refractivity contribution in [1.82, 2.24) is 0 Å². The van der Waals surface area contributed by atoms with Crippen molar-refractivity contribution >= 4 is 0 Å². The summed E-state index contributed by atoms with van der Waals surface area (Å²) in [6.45, 7) is 2.69. The van der Waals surface area contributed by atoms with E-state index in [1.54, 1.807) is 0 Å². The molecule has 2 nitrogen and oxygen atoms in total. The highest BCUT2D eigenvalue weighted by Gasteiger charge is 2.40. The normalized spacial score (nSPS) is 42.3. The molecule has 0 saturated heterocycles. The first kappa shape index (κ1) is 7.03. The van der Waals surface area contributed by atoms with Gasteiger partial charge >= 0.3 is 0 Å². The predicted molar refractivity (Wildman–Crippen MR) is 37.0 cm³/mol. The quantitative estimate of drug-likeness (QED) is 0.570. The Balaban J connectivity index is 2.34. The van der Waals surface area contributed by atoms with Gasteiger partial charge in [0, 0.05) is 0 Å². The third-order valence-corrected chi connectivity index (χ3v) is 2.50. The molecule has 0 aromatic heterocycles. The van der Waals surface area contributed by atoms with Crippen molar-refractivity contribution in [2.24, 2.45) is 11.7 Å². The van der Waals surface area contributed by atoms with Crippen molar-refractivity contribution in [3.8, 4) is 0 Å². The molecule has 1 fully saturated rings. The molecule has 1 saturated carbocycles. The van der Waals surface area contributed by atoms with E-state index in [1.807, 2.05) is 0 Å². The van der Waals surface area contributed by atoms with Gasteiger partial charge in [-0.3, -0.25) is 0 Å². The summed E-state index contributed by atoms with van der Waals surface area (Å²) in [5.41, 5.74) is 4.93. The molecule has 0 spiro atoms. The van der Waals surface area contributed by atoms with Crippen molar-refractivity contribution in [3.63, 3.8) is 0 Å². The first-order valence-electron chi connectivity index (χ1n) is 3.61. The van der Waals surface area contributed by atoms with Gasteiger partial charge in [0.05, 0.1) is 5.60 Å². The zero-order valence-electron chi connectivity index (χ0n) is 5.93. The fourth-order valence-corrected chi connectivity index (χ4v) is 1.39. The lowest BCUT2D eigenvalue weighted by atomic mass is 9.69. The van der Waals surface area contributed by atoms with E-state index in [2.05, 4.69) is 6.92 Å². The average molecular weight is 129 g/mol. The number of nitrogens with two attached hydrogens (primary N) is 1. The molecule has 1 aliphatic rings. The van der Waals surface area contributed by atoms with Gasteiger partial charge < -0.3 is 10.8 Å². The molecule has 0 heterocycles. The summed E-state index contributed by atoms with van der Waals surface area (Å²) in [5, 5.41) is 9.60. The van der Waals surface area contributed by atoms with Gasteiger partial charge in [-0.2, -0.15) is 0 Å². The molecule has 3 N–H and O–H groups in total. The molecule has 2 atom stereocenters. The van der Waals surface area contributed by atoms with Crippen LogP contribution in [0.2, 0.25) is 0 Å². The van der Waals surface area contributed by atoms with Crippen LogP contribution in [0.3, 0.4) is 0 Å². The third kappa shape index (κ3) is 1.10. The van der Waals surface area contributed by atoms with E-state index in [0.29, 0.717) is 12.5 Å². The molecule has 54 valence electrons. The molecule has 1 aliphatic carbocycles. The Morgan fingerprint density at radius 1 is 1.78 bits per heavy atom. The van der Waals surface area contributed by atoms with Crippen LogP contribution in [0, 0.1) is 5.92 Å². The van der Waals surface area contributed by atoms with Crippen LogP contribution in [-0.2, 0) is 0 Å². The zero-order valence-corrected chi connectivity index (χ0v) is 5.93. The number of hydrogen-bond acceptors (Lipinski definition) is 2. The maximum atomic E-state index is 9.60. The second kappa shape index (κ2) is 2.27. The average Bonchev–Trinajstić information content (AvgIpc) is 1.86. The Morgan fingerprint density at radius 3 is 2.56 bits per heavy atom. The molecule has 2 unspecified atom stereocenters. The van der Waals surface area contributed by atoms with Crippen molar-refractivity contribution in [1.29, 1.82) is 0 Å². The minimum atomic E-state index is -0.394. The van der Waals surface area contributed by atoms with E-state index in [1.165, 1.54) is 0 Å². The summed E-state index contributed by atoms with van der Waals surface area (Å²) in [7, 11) is 0. The SMILES string of the molecule is CC1CCC1(O)CCN. The smallest absolute Gasteiger partial charge is 0.0685 e. The molecule has 0 bridgehead atoms. The third-order valence-electron chi connectivity index (χ3n) is 2.50. The Kier molecular flexibility index (Phi) is 1.78. The zero-order chi connectivity index (χ0) is 6.91. The Hall–Kier alpha value is -0.0800. The Labute approximate surface area is 56.1 Å². The lowest BCUT2D eigenvalue weighted by Crippen LogP contribution is -2.46. The molecular formula is C7H15NO. The molecule has 2 heteroatoms. The van der Waals surface area contributed by atoms with Crippen LogP contribution < -0.4 is 5.73 Å². The lowest BCUT2D eigenvalue weighted by molar-refractivity contribution is -0.0899. The van der Waals surface area contributed by atoms with Gasteiger partial charge in [0.25, 0.3) is 0 Å². The molecular weight excluding hydrogens is 114 g/mol. The highest BCUT2D eigenvalue weighted by molar-refractivity contribution is 4.93. The van der Waals surface area contributed by atoms with Crippen molar-refractivity contribution < 1.29 is 5.11 Å². The largest absolute Gasteiger partial charge is 0.390 e. The monoisotopic (exact) mass is 129 g/mol. The van der Waals surface area contributed by atoms with Crippen LogP contribution in [0.25, 0.3) is 0 Å². The van der Waals surface area contributed by atoms with Crippen LogP contribution in [0.1, 0.15) is 26.2 Å². The van der Waals surface area contributed by atoms with Crippen molar-refractivity contribution in [2.45, 2.75) is 31.8 Å². The Morgan fingerprint density at radius 2 is 2.44 bits per heavy atom. The highest BCUT2D eigenvalue weighted by atomic mass is 16.3. The molecule has 0 aliphatic heterocycles. The summed E-state index contributed by atoms with van der Waals surface area (Å²) >= 11 is 0. The second-order valence-electron chi connectivity index (χ2n) is 3.08. The maximum absolute atomic E-state index is 9.60. The summed E-state index contributed by atoms with van der Waals surface area (Å²) in [6, 6.07) is 0. The topological polar surface area (TPSA) is 46.2 Å². The molecule has 0 aromatic rings. The van der Waals surface area contributed by atoms with Crippen LogP contribution in [0.15, 0.2) is 0 Å². The lowest BCUT2D eigenvalue weighted by Gasteiger charge is -2.43. The number of aliphatic hydroxyl groups is 1. The maximum Gasteiger partial charge on any atom is 0.0685 e. The molecule has 1 rings (SSSR count). The van der Waals surface area contributed by atoms with E-state index >= 15 is 0 Å². The molecule has 0 amide bonds. The van der Waals surface area contributed by atoms with E-state index in [-0.39, 0.29) is 0 Å². The summed E-state index contributed by atoms with van der Waals surface area (Å²) in [4.78, 5) is 0. The minimum Gasteiger partial charge on any atom is -0.390 e. The first-order chi connectivity index (χ1) is 4.19. The van der Waals surface area contributed by atoms with Crippen molar-refractivity contribution in [2.75, 3.05) is 6.54 Å². The molecule has 0 radical (unpaired) electrons. The van der Waals surface area contributed by atoms with Gasteiger partial charge in [-0.05, 0) is 31.7 Å². The molecule has 0 aromatic carbocycles. The number of rotatable bonds is 2. The van der Waals surface area contributed by atoms with Crippen LogP contribution >= 0.6 is 0 Å². The standard InChI is InChI=1S/C7H15NO/c1-6-2-3-7(6,9)4-5-8/h6,9H,2-5,8H2,1H3. The second-order valence-corrected chi connectivity index (χ2v) is 3.08. The summed E-state index contributed by atoms with van der Waals surface area (Å²) < 4.78 is 0. The van der Waals surface area contributed by atoms with Gasteiger partial charge in [0.15, 0.2) is 0 Å².